The van der Waals surface area contributed by atoms with E-state index in [9.17, 15) is 0 Å². The lowest BCUT2D eigenvalue weighted by molar-refractivity contribution is 0.0808. The quantitative estimate of drug-likeness (QED) is 0.778. The van der Waals surface area contributed by atoms with Crippen molar-refractivity contribution in [1.82, 2.24) is 5.32 Å². The summed E-state index contributed by atoms with van der Waals surface area (Å²) in [5.74, 6) is 2.67. The Labute approximate surface area is 91.2 Å². The summed E-state index contributed by atoms with van der Waals surface area (Å²) >= 11 is 2.09. The largest absolute Gasteiger partial charge is 0.380 e. The van der Waals surface area contributed by atoms with Gasteiger partial charge < -0.3 is 10.1 Å². The van der Waals surface area contributed by atoms with Crippen LogP contribution in [0.3, 0.4) is 0 Å². The van der Waals surface area contributed by atoms with Crippen molar-refractivity contribution in [3.8, 4) is 0 Å². The first kappa shape index (κ1) is 10.8. The van der Waals surface area contributed by atoms with E-state index in [-0.39, 0.29) is 0 Å². The van der Waals surface area contributed by atoms with E-state index in [0.717, 1.165) is 6.04 Å². The Morgan fingerprint density at radius 1 is 1.14 bits per heavy atom. The molecule has 1 heterocycles. The summed E-state index contributed by atoms with van der Waals surface area (Å²) in [7, 11) is 1.85. The van der Waals surface area contributed by atoms with Gasteiger partial charge in [0.1, 0.15) is 0 Å². The third-order valence-corrected chi connectivity index (χ3v) is 4.48. The van der Waals surface area contributed by atoms with Crippen LogP contribution in [-0.2, 0) is 4.74 Å². The Balaban J connectivity index is 1.77. The topological polar surface area (TPSA) is 21.3 Å². The second-order valence-corrected chi connectivity index (χ2v) is 5.59. The number of methoxy groups -OCH3 is 1. The minimum absolute atomic E-state index is 0.476. The maximum atomic E-state index is 5.50. The number of rotatable bonds is 3. The third kappa shape index (κ3) is 2.65. The third-order valence-electron chi connectivity index (χ3n) is 3.43. The van der Waals surface area contributed by atoms with Crippen molar-refractivity contribution in [2.24, 2.45) is 0 Å². The minimum atomic E-state index is 0.476. The molecule has 0 radical (unpaired) electrons. The molecule has 0 aromatic heterocycles. The predicted molar refractivity (Wildman–Crippen MR) is 61.9 cm³/mol. The molecule has 3 heteroatoms. The number of hydrogen-bond acceptors (Lipinski definition) is 3. The molecule has 2 atom stereocenters. The molecule has 2 aliphatic rings. The van der Waals surface area contributed by atoms with Crippen molar-refractivity contribution in [3.05, 3.63) is 0 Å². The maximum Gasteiger partial charge on any atom is 0.0724 e. The molecule has 1 saturated heterocycles. The fourth-order valence-electron chi connectivity index (χ4n) is 2.57. The summed E-state index contributed by atoms with van der Waals surface area (Å²) in [6.45, 7) is 0. The SMILES string of the molecule is CO[C@H]1CCC[C@@H]1NC1CCSCC1. The van der Waals surface area contributed by atoms with Gasteiger partial charge in [0.25, 0.3) is 0 Å². The molecular formula is C11H21NOS. The van der Waals surface area contributed by atoms with Crippen LogP contribution in [0.15, 0.2) is 0 Å². The van der Waals surface area contributed by atoms with E-state index in [1.165, 1.54) is 43.6 Å². The summed E-state index contributed by atoms with van der Waals surface area (Å²) in [6.07, 6.45) is 7.05. The van der Waals surface area contributed by atoms with E-state index in [0.29, 0.717) is 12.1 Å². The van der Waals surface area contributed by atoms with Crippen LogP contribution in [0.5, 0.6) is 0 Å². The highest BCUT2D eigenvalue weighted by Gasteiger charge is 2.29. The lowest BCUT2D eigenvalue weighted by Gasteiger charge is -2.28. The first-order chi connectivity index (χ1) is 6.90. The summed E-state index contributed by atoms with van der Waals surface area (Å²) < 4.78 is 5.50. The first-order valence-corrected chi connectivity index (χ1v) is 6.92. The van der Waals surface area contributed by atoms with Gasteiger partial charge in [-0.3, -0.25) is 0 Å². The molecular weight excluding hydrogens is 194 g/mol. The van der Waals surface area contributed by atoms with Gasteiger partial charge in [-0.25, -0.2) is 0 Å². The van der Waals surface area contributed by atoms with Gasteiger partial charge in [0.2, 0.25) is 0 Å². The van der Waals surface area contributed by atoms with Gasteiger partial charge in [0, 0.05) is 19.2 Å². The van der Waals surface area contributed by atoms with Gasteiger partial charge in [0.15, 0.2) is 0 Å². The van der Waals surface area contributed by atoms with Crippen molar-refractivity contribution in [2.75, 3.05) is 18.6 Å². The molecule has 2 nitrogen and oxygen atoms in total. The van der Waals surface area contributed by atoms with Crippen molar-refractivity contribution in [3.63, 3.8) is 0 Å². The average molecular weight is 215 g/mol. The highest BCUT2D eigenvalue weighted by molar-refractivity contribution is 7.99. The molecule has 0 amide bonds. The zero-order chi connectivity index (χ0) is 9.80. The monoisotopic (exact) mass is 215 g/mol. The average Bonchev–Trinajstić information content (AvgIpc) is 2.67. The van der Waals surface area contributed by atoms with Gasteiger partial charge in [0.05, 0.1) is 6.10 Å². The number of ether oxygens (including phenoxy) is 1. The van der Waals surface area contributed by atoms with E-state index < -0.39 is 0 Å². The fraction of sp³-hybridized carbons (Fsp3) is 1.00. The van der Waals surface area contributed by atoms with Crippen molar-refractivity contribution in [2.45, 2.75) is 50.3 Å². The molecule has 0 unspecified atom stereocenters. The Morgan fingerprint density at radius 3 is 2.64 bits per heavy atom. The van der Waals surface area contributed by atoms with Crippen LogP contribution in [-0.4, -0.2) is 36.8 Å². The van der Waals surface area contributed by atoms with E-state index in [4.69, 9.17) is 4.74 Å². The Bertz CT molecular complexity index is 171. The van der Waals surface area contributed by atoms with Gasteiger partial charge >= 0.3 is 0 Å². The second-order valence-electron chi connectivity index (χ2n) is 4.36. The fourth-order valence-corrected chi connectivity index (χ4v) is 3.67. The van der Waals surface area contributed by atoms with E-state index >= 15 is 0 Å². The number of nitrogens with one attached hydrogen (secondary N) is 1. The Kier molecular flexibility index (Phi) is 4.14. The zero-order valence-electron chi connectivity index (χ0n) is 9.00. The van der Waals surface area contributed by atoms with Crippen LogP contribution < -0.4 is 5.32 Å². The lowest BCUT2D eigenvalue weighted by Crippen LogP contribution is -2.44. The van der Waals surface area contributed by atoms with Crippen molar-refractivity contribution in [1.29, 1.82) is 0 Å². The molecule has 1 N–H and O–H groups in total. The van der Waals surface area contributed by atoms with Crippen LogP contribution in [0.2, 0.25) is 0 Å². The summed E-state index contributed by atoms with van der Waals surface area (Å²) in [5.41, 5.74) is 0. The second kappa shape index (κ2) is 5.38. The summed E-state index contributed by atoms with van der Waals surface area (Å²) in [6, 6.07) is 1.39. The van der Waals surface area contributed by atoms with E-state index in [2.05, 4.69) is 17.1 Å². The summed E-state index contributed by atoms with van der Waals surface area (Å²) in [4.78, 5) is 0. The molecule has 2 fully saturated rings. The van der Waals surface area contributed by atoms with Crippen LogP contribution in [0.1, 0.15) is 32.1 Å². The van der Waals surface area contributed by atoms with Crippen LogP contribution in [0.25, 0.3) is 0 Å². The molecule has 0 aromatic rings. The van der Waals surface area contributed by atoms with E-state index in [1.54, 1.807) is 0 Å². The predicted octanol–water partition coefficient (Wildman–Crippen LogP) is 2.04. The summed E-state index contributed by atoms with van der Waals surface area (Å²) in [5, 5.41) is 3.78. The van der Waals surface area contributed by atoms with Crippen LogP contribution >= 0.6 is 11.8 Å². The first-order valence-electron chi connectivity index (χ1n) is 5.76. The van der Waals surface area contributed by atoms with E-state index in [1.807, 2.05) is 7.11 Å². The number of thioether (sulfide) groups is 1. The van der Waals surface area contributed by atoms with Crippen LogP contribution in [0, 0.1) is 0 Å². The Morgan fingerprint density at radius 2 is 1.93 bits per heavy atom. The molecule has 1 aliphatic carbocycles. The Hall–Kier alpha value is 0.270. The van der Waals surface area contributed by atoms with Crippen molar-refractivity contribution < 1.29 is 4.74 Å². The molecule has 0 bridgehead atoms. The molecule has 1 saturated carbocycles. The minimum Gasteiger partial charge on any atom is -0.380 e. The van der Waals surface area contributed by atoms with Gasteiger partial charge in [-0.1, -0.05) is 0 Å². The molecule has 2 rings (SSSR count). The normalized spacial score (nSPS) is 34.9. The lowest BCUT2D eigenvalue weighted by atomic mass is 10.1. The van der Waals surface area contributed by atoms with Gasteiger partial charge in [-0.05, 0) is 43.6 Å². The molecule has 0 spiro atoms. The standard InChI is InChI=1S/C11H21NOS/c1-13-11-4-2-3-10(11)12-9-5-7-14-8-6-9/h9-12H,2-8H2,1H3/t10-,11-/m0/s1. The van der Waals surface area contributed by atoms with Gasteiger partial charge in [-0.2, -0.15) is 11.8 Å². The zero-order valence-corrected chi connectivity index (χ0v) is 9.81. The molecule has 82 valence electrons. The molecule has 1 aliphatic heterocycles. The number of hydrogen-bond donors (Lipinski definition) is 1. The van der Waals surface area contributed by atoms with Crippen LogP contribution in [0.4, 0.5) is 0 Å². The molecule has 0 aromatic carbocycles. The highest BCUT2D eigenvalue weighted by atomic mass is 32.2. The van der Waals surface area contributed by atoms with Gasteiger partial charge in [-0.15, -0.1) is 0 Å². The molecule has 14 heavy (non-hydrogen) atoms. The smallest absolute Gasteiger partial charge is 0.0724 e. The highest BCUT2D eigenvalue weighted by Crippen LogP contribution is 2.24. The maximum absolute atomic E-state index is 5.50. The van der Waals surface area contributed by atoms with Crippen molar-refractivity contribution >= 4 is 11.8 Å².